The van der Waals surface area contributed by atoms with Crippen LogP contribution >= 0.6 is 23.2 Å². The Bertz CT molecular complexity index is 1830. The number of halogens is 4. The zero-order valence-corrected chi connectivity index (χ0v) is 26.7. The number of hydrogen-bond donors (Lipinski definition) is 3. The highest BCUT2D eigenvalue weighted by Gasteiger charge is 2.19. The van der Waals surface area contributed by atoms with E-state index in [0.29, 0.717) is 46.6 Å². The molecular formula is C35H34Cl2F2N4O3. The molecule has 5 rings (SSSR count). The van der Waals surface area contributed by atoms with Crippen LogP contribution in [0.2, 0.25) is 10.0 Å². The molecule has 240 valence electrons. The van der Waals surface area contributed by atoms with Gasteiger partial charge < -0.3 is 25.0 Å². The lowest BCUT2D eigenvalue weighted by molar-refractivity contribution is -0.117. The Balaban J connectivity index is 1.53. The maximum Gasteiger partial charge on any atom is 0.159 e. The van der Waals surface area contributed by atoms with Crippen LogP contribution in [0.5, 0.6) is 0 Å². The van der Waals surface area contributed by atoms with Gasteiger partial charge in [-0.25, -0.2) is 13.8 Å². The quantitative estimate of drug-likeness (QED) is 0.119. The second-order valence-corrected chi connectivity index (χ2v) is 11.9. The standard InChI is InChI=1S/C35H34Cl2F2N4O3/c1-22(46)16-32(40-20-23-3-10-30(38)31(39)18-23)26-6-11-34-33(19-26)41-35(43(34)21-24-2-9-28(36)29(37)17-24)25-4-7-27(8-5-25)42(12-14-44)13-15-45/h2-11,17-19,32,40,44-45H,12-16,20-21H2,1H3. The van der Waals surface area contributed by atoms with Crippen molar-refractivity contribution in [3.8, 4) is 11.4 Å². The first-order chi connectivity index (χ1) is 22.2. The van der Waals surface area contributed by atoms with Crippen molar-refractivity contribution < 1.29 is 23.8 Å². The summed E-state index contributed by atoms with van der Waals surface area (Å²) in [4.78, 5) is 19.2. The number of fused-ring (bicyclic) bond motifs is 1. The number of aliphatic hydroxyl groups excluding tert-OH is 2. The van der Waals surface area contributed by atoms with Crippen LogP contribution in [-0.4, -0.2) is 51.9 Å². The van der Waals surface area contributed by atoms with Crippen LogP contribution in [-0.2, 0) is 17.9 Å². The number of carbonyl (C=O) groups is 1. The second-order valence-electron chi connectivity index (χ2n) is 11.1. The van der Waals surface area contributed by atoms with Crippen molar-refractivity contribution in [3.05, 3.63) is 117 Å². The third-order valence-corrected chi connectivity index (χ3v) is 8.50. The Labute approximate surface area is 276 Å². The molecule has 1 unspecified atom stereocenters. The van der Waals surface area contributed by atoms with Crippen molar-refractivity contribution >= 4 is 45.7 Å². The fourth-order valence-electron chi connectivity index (χ4n) is 5.48. The Morgan fingerprint density at radius 3 is 2.26 bits per heavy atom. The topological polar surface area (TPSA) is 90.6 Å². The lowest BCUT2D eigenvalue weighted by atomic mass is 10.0. The average Bonchev–Trinajstić information content (AvgIpc) is 3.39. The van der Waals surface area contributed by atoms with Gasteiger partial charge in [-0.05, 0) is 84.3 Å². The summed E-state index contributed by atoms with van der Waals surface area (Å²) in [6, 6.07) is 22.4. The number of rotatable bonds is 14. The highest BCUT2D eigenvalue weighted by Crippen LogP contribution is 2.31. The Morgan fingerprint density at radius 2 is 1.61 bits per heavy atom. The maximum atomic E-state index is 13.8. The van der Waals surface area contributed by atoms with Crippen LogP contribution in [0.3, 0.4) is 0 Å². The van der Waals surface area contributed by atoms with Crippen LogP contribution in [0.15, 0.2) is 78.9 Å². The fourth-order valence-corrected chi connectivity index (χ4v) is 5.80. The number of Topliss-reactive ketones (excluding diaryl/α,β-unsaturated/α-hetero) is 1. The number of aliphatic hydroxyl groups is 2. The molecule has 1 atom stereocenters. The molecule has 0 bridgehead atoms. The Morgan fingerprint density at radius 1 is 0.891 bits per heavy atom. The van der Waals surface area contributed by atoms with Gasteiger partial charge in [-0.2, -0.15) is 0 Å². The van der Waals surface area contributed by atoms with Crippen molar-refractivity contribution in [2.24, 2.45) is 0 Å². The molecule has 0 amide bonds. The first kappa shape index (κ1) is 33.5. The van der Waals surface area contributed by atoms with E-state index >= 15 is 0 Å². The number of nitrogens with one attached hydrogen (secondary N) is 1. The van der Waals surface area contributed by atoms with E-state index in [-0.39, 0.29) is 38.0 Å². The molecule has 46 heavy (non-hydrogen) atoms. The largest absolute Gasteiger partial charge is 0.395 e. The van der Waals surface area contributed by atoms with Gasteiger partial charge in [0.05, 0.1) is 34.3 Å². The van der Waals surface area contributed by atoms with Gasteiger partial charge in [0.25, 0.3) is 0 Å². The van der Waals surface area contributed by atoms with Gasteiger partial charge in [-0.3, -0.25) is 4.79 Å². The van der Waals surface area contributed by atoms with Crippen LogP contribution in [0.1, 0.15) is 36.1 Å². The summed E-state index contributed by atoms with van der Waals surface area (Å²) in [5.74, 6) is -1.15. The van der Waals surface area contributed by atoms with Gasteiger partial charge in [-0.1, -0.05) is 41.4 Å². The van der Waals surface area contributed by atoms with Crippen molar-refractivity contribution in [1.82, 2.24) is 14.9 Å². The molecule has 0 aliphatic rings. The van der Waals surface area contributed by atoms with Gasteiger partial charge in [0, 0.05) is 49.9 Å². The number of anilines is 1. The van der Waals surface area contributed by atoms with Gasteiger partial charge in [0.2, 0.25) is 0 Å². The van der Waals surface area contributed by atoms with Gasteiger partial charge in [0.1, 0.15) is 11.6 Å². The zero-order chi connectivity index (χ0) is 32.8. The van der Waals surface area contributed by atoms with Gasteiger partial charge >= 0.3 is 0 Å². The number of benzene rings is 4. The van der Waals surface area contributed by atoms with Crippen molar-refractivity contribution in [3.63, 3.8) is 0 Å². The molecule has 0 aliphatic heterocycles. The Kier molecular flexibility index (Phi) is 11.0. The molecule has 0 saturated heterocycles. The van der Waals surface area contributed by atoms with E-state index in [1.807, 2.05) is 59.5 Å². The third-order valence-electron chi connectivity index (χ3n) is 7.76. The van der Waals surface area contributed by atoms with Crippen LogP contribution in [0.25, 0.3) is 22.4 Å². The summed E-state index contributed by atoms with van der Waals surface area (Å²) in [6.45, 7) is 2.92. The van der Waals surface area contributed by atoms with E-state index in [9.17, 15) is 23.8 Å². The molecule has 0 saturated carbocycles. The summed E-state index contributed by atoms with van der Waals surface area (Å²) in [5.41, 5.74) is 5.60. The smallest absolute Gasteiger partial charge is 0.159 e. The highest BCUT2D eigenvalue weighted by atomic mass is 35.5. The number of hydrogen-bond acceptors (Lipinski definition) is 6. The average molecular weight is 668 g/mol. The lowest BCUT2D eigenvalue weighted by Crippen LogP contribution is -2.29. The Hall–Kier alpha value is -3.86. The van der Waals surface area contributed by atoms with Crippen molar-refractivity contribution in [2.45, 2.75) is 32.5 Å². The SMILES string of the molecule is CC(=O)CC(NCc1ccc(F)c(F)c1)c1ccc2c(c1)nc(-c1ccc(N(CCO)CCO)cc1)n2Cc1ccc(Cl)c(Cl)c1. The summed E-state index contributed by atoms with van der Waals surface area (Å²) >= 11 is 12.5. The molecule has 4 aromatic carbocycles. The summed E-state index contributed by atoms with van der Waals surface area (Å²) in [6.07, 6.45) is 0.200. The molecule has 3 N–H and O–H groups in total. The summed E-state index contributed by atoms with van der Waals surface area (Å²) < 4.78 is 29.4. The van der Waals surface area contributed by atoms with E-state index in [4.69, 9.17) is 28.2 Å². The van der Waals surface area contributed by atoms with Gasteiger partial charge in [-0.15, -0.1) is 0 Å². The maximum absolute atomic E-state index is 13.8. The molecule has 0 spiro atoms. The molecule has 7 nitrogen and oxygen atoms in total. The van der Waals surface area contributed by atoms with E-state index < -0.39 is 11.6 Å². The molecule has 5 aromatic rings. The fraction of sp³-hybridized carbons (Fsp3) is 0.257. The molecule has 11 heteroatoms. The molecule has 0 aliphatic carbocycles. The summed E-state index contributed by atoms with van der Waals surface area (Å²) in [7, 11) is 0. The molecule has 1 heterocycles. The normalized spacial score (nSPS) is 12.1. The summed E-state index contributed by atoms with van der Waals surface area (Å²) in [5, 5.41) is 23.2. The van der Waals surface area contributed by atoms with Crippen LogP contribution < -0.4 is 10.2 Å². The predicted octanol–water partition coefficient (Wildman–Crippen LogP) is 6.94. The van der Waals surface area contributed by atoms with Crippen molar-refractivity contribution in [2.75, 3.05) is 31.2 Å². The van der Waals surface area contributed by atoms with Crippen LogP contribution in [0, 0.1) is 11.6 Å². The van der Waals surface area contributed by atoms with Crippen molar-refractivity contribution in [1.29, 1.82) is 0 Å². The minimum absolute atomic E-state index is 0.0229. The first-order valence-corrected chi connectivity index (χ1v) is 15.6. The van der Waals surface area contributed by atoms with Crippen LogP contribution in [0.4, 0.5) is 14.5 Å². The number of nitrogens with zero attached hydrogens (tertiary/aromatic N) is 3. The highest BCUT2D eigenvalue weighted by molar-refractivity contribution is 6.42. The molecule has 0 fully saturated rings. The number of aromatic nitrogens is 2. The lowest BCUT2D eigenvalue weighted by Gasteiger charge is -2.23. The predicted molar refractivity (Wildman–Crippen MR) is 178 cm³/mol. The first-order valence-electron chi connectivity index (χ1n) is 14.8. The minimum atomic E-state index is -0.925. The van der Waals surface area contributed by atoms with E-state index in [1.54, 1.807) is 6.07 Å². The van der Waals surface area contributed by atoms with Gasteiger partial charge in [0.15, 0.2) is 11.6 Å². The monoisotopic (exact) mass is 666 g/mol. The minimum Gasteiger partial charge on any atom is -0.395 e. The van der Waals surface area contributed by atoms with E-state index in [0.717, 1.165) is 40.0 Å². The number of ketones is 1. The third kappa shape index (κ3) is 7.92. The second kappa shape index (κ2) is 15.2. The molecule has 1 aromatic heterocycles. The number of carbonyl (C=O) groups excluding carboxylic acids is 1. The van der Waals surface area contributed by atoms with E-state index in [1.165, 1.54) is 13.0 Å². The zero-order valence-electron chi connectivity index (χ0n) is 25.2. The number of imidazole rings is 1. The molecule has 0 radical (unpaired) electrons. The van der Waals surface area contributed by atoms with E-state index in [2.05, 4.69) is 9.88 Å². The molecular weight excluding hydrogens is 633 g/mol.